The van der Waals surface area contributed by atoms with E-state index in [9.17, 15) is 13.5 Å². The highest BCUT2D eigenvalue weighted by Crippen LogP contribution is 2.49. The zero-order valence-electron chi connectivity index (χ0n) is 22.5. The van der Waals surface area contributed by atoms with Gasteiger partial charge in [-0.25, -0.2) is 8.42 Å². The highest BCUT2D eigenvalue weighted by molar-refractivity contribution is 7.91. The molecule has 6 nitrogen and oxygen atoms in total. The van der Waals surface area contributed by atoms with Gasteiger partial charge in [-0.2, -0.15) is 0 Å². The van der Waals surface area contributed by atoms with Crippen LogP contribution in [0.3, 0.4) is 0 Å². The minimum atomic E-state index is -3.62. The molecule has 0 saturated carbocycles. The molecule has 0 saturated heterocycles. The standard InChI is InChI=1S/C31H39NO5S/c1-4-6-17-31(5-2)21-38(34,35)28-16-11-24(32)20-27(28)29(30(31)33)23-9-14-26(15-10-23)37-19-18-36-25-12-7-22(3)8-13-25/h7-16,20,29-30,33H,4-6,17-19,21,32H2,1-3H3/t29-,30-,31-/m1/s1. The maximum atomic E-state index is 13.6. The van der Waals surface area contributed by atoms with Crippen molar-refractivity contribution < 1.29 is 23.0 Å². The summed E-state index contributed by atoms with van der Waals surface area (Å²) in [5.74, 6) is 0.874. The van der Waals surface area contributed by atoms with Crippen LogP contribution in [0.15, 0.2) is 71.6 Å². The smallest absolute Gasteiger partial charge is 0.179 e. The molecule has 0 amide bonds. The third-order valence-corrected chi connectivity index (χ3v) is 9.73. The third-order valence-electron chi connectivity index (χ3n) is 7.74. The topological polar surface area (TPSA) is 98.9 Å². The second kappa shape index (κ2) is 11.8. The van der Waals surface area contributed by atoms with E-state index in [0.29, 0.717) is 43.1 Å². The van der Waals surface area contributed by atoms with Gasteiger partial charge in [0.25, 0.3) is 0 Å². The number of rotatable bonds is 10. The number of hydrogen-bond donors (Lipinski definition) is 2. The summed E-state index contributed by atoms with van der Waals surface area (Å²) in [6, 6.07) is 20.3. The van der Waals surface area contributed by atoms with Crippen molar-refractivity contribution in [2.45, 2.75) is 63.4 Å². The molecule has 0 fully saturated rings. The first-order valence-electron chi connectivity index (χ1n) is 13.4. The van der Waals surface area contributed by atoms with Crippen molar-refractivity contribution in [3.63, 3.8) is 0 Å². The Balaban J connectivity index is 1.59. The van der Waals surface area contributed by atoms with Gasteiger partial charge in [-0.1, -0.05) is 56.5 Å². The van der Waals surface area contributed by atoms with Crippen molar-refractivity contribution >= 4 is 15.5 Å². The summed E-state index contributed by atoms with van der Waals surface area (Å²) in [6.07, 6.45) is 2.10. The molecule has 4 rings (SSSR count). The fourth-order valence-electron chi connectivity index (χ4n) is 5.48. The fourth-order valence-corrected chi connectivity index (χ4v) is 7.73. The lowest BCUT2D eigenvalue weighted by Gasteiger charge is -2.39. The summed E-state index contributed by atoms with van der Waals surface area (Å²) in [5, 5.41) is 11.9. The predicted octanol–water partition coefficient (Wildman–Crippen LogP) is 5.90. The van der Waals surface area contributed by atoms with Gasteiger partial charge in [0, 0.05) is 17.0 Å². The van der Waals surface area contributed by atoms with E-state index in [1.54, 1.807) is 18.2 Å². The maximum absolute atomic E-state index is 13.6. The monoisotopic (exact) mass is 537 g/mol. The molecule has 3 aromatic carbocycles. The average Bonchev–Trinajstić information content (AvgIpc) is 2.97. The molecule has 0 unspecified atom stereocenters. The predicted molar refractivity (Wildman–Crippen MR) is 152 cm³/mol. The minimum absolute atomic E-state index is 0.0761. The van der Waals surface area contributed by atoms with Gasteiger partial charge in [-0.05, 0) is 73.4 Å². The molecule has 3 N–H and O–H groups in total. The second-order valence-corrected chi connectivity index (χ2v) is 12.3. The Kier molecular flexibility index (Phi) is 8.68. The van der Waals surface area contributed by atoms with E-state index in [-0.39, 0.29) is 10.6 Å². The van der Waals surface area contributed by atoms with Crippen LogP contribution in [0, 0.1) is 12.3 Å². The first-order valence-corrected chi connectivity index (χ1v) is 15.1. The Morgan fingerprint density at radius 2 is 1.55 bits per heavy atom. The van der Waals surface area contributed by atoms with Crippen LogP contribution < -0.4 is 15.2 Å². The van der Waals surface area contributed by atoms with E-state index in [4.69, 9.17) is 15.2 Å². The normalized spacial score (nSPS) is 22.3. The van der Waals surface area contributed by atoms with Gasteiger partial charge in [0.05, 0.1) is 16.8 Å². The Hall–Kier alpha value is -3.03. The summed E-state index contributed by atoms with van der Waals surface area (Å²) >= 11 is 0. The van der Waals surface area contributed by atoms with Gasteiger partial charge in [-0.15, -0.1) is 0 Å². The lowest BCUT2D eigenvalue weighted by molar-refractivity contribution is 0.0174. The molecule has 0 spiro atoms. The van der Waals surface area contributed by atoms with Crippen LogP contribution in [0.1, 0.15) is 62.1 Å². The Morgan fingerprint density at radius 1 is 0.947 bits per heavy atom. The number of anilines is 1. The number of aryl methyl sites for hydroxylation is 1. The second-order valence-electron chi connectivity index (χ2n) is 10.4. The number of nitrogens with two attached hydrogens (primary N) is 1. The van der Waals surface area contributed by atoms with E-state index in [0.717, 1.165) is 24.2 Å². The van der Waals surface area contributed by atoms with E-state index in [1.807, 2.05) is 62.4 Å². The van der Waals surface area contributed by atoms with E-state index in [2.05, 4.69) is 6.92 Å². The number of nitrogen functional groups attached to an aromatic ring is 1. The van der Waals surface area contributed by atoms with Crippen molar-refractivity contribution in [2.75, 3.05) is 24.7 Å². The Labute approximate surface area is 226 Å². The fraction of sp³-hybridized carbons (Fsp3) is 0.419. The largest absolute Gasteiger partial charge is 0.490 e. The molecule has 0 aromatic heterocycles. The molecule has 1 heterocycles. The van der Waals surface area contributed by atoms with E-state index < -0.39 is 27.3 Å². The van der Waals surface area contributed by atoms with Crippen LogP contribution in [-0.4, -0.2) is 38.6 Å². The van der Waals surface area contributed by atoms with Gasteiger partial charge < -0.3 is 20.3 Å². The van der Waals surface area contributed by atoms with Crippen LogP contribution in [0.2, 0.25) is 0 Å². The summed E-state index contributed by atoms with van der Waals surface area (Å²) in [7, 11) is -3.62. The lowest BCUT2D eigenvalue weighted by Crippen LogP contribution is -2.42. The molecule has 7 heteroatoms. The van der Waals surface area contributed by atoms with Gasteiger partial charge in [0.1, 0.15) is 24.7 Å². The van der Waals surface area contributed by atoms with Crippen molar-refractivity contribution in [3.05, 3.63) is 83.4 Å². The molecule has 3 atom stereocenters. The van der Waals surface area contributed by atoms with Crippen LogP contribution in [-0.2, 0) is 9.84 Å². The average molecular weight is 538 g/mol. The highest BCUT2D eigenvalue weighted by Gasteiger charge is 2.48. The number of benzene rings is 3. The van der Waals surface area contributed by atoms with Gasteiger partial charge in [0.2, 0.25) is 0 Å². The summed E-state index contributed by atoms with van der Waals surface area (Å²) in [6.45, 7) is 6.88. The van der Waals surface area contributed by atoms with E-state index >= 15 is 0 Å². The van der Waals surface area contributed by atoms with Crippen LogP contribution in [0.4, 0.5) is 5.69 Å². The van der Waals surface area contributed by atoms with Gasteiger partial charge in [-0.3, -0.25) is 0 Å². The minimum Gasteiger partial charge on any atom is -0.490 e. The van der Waals surface area contributed by atoms with Gasteiger partial charge in [0.15, 0.2) is 9.84 Å². The SMILES string of the molecule is CCCC[C@]1(CC)CS(=O)(=O)c2ccc(N)cc2[C@@H](c2ccc(OCCOc3ccc(C)cc3)cc2)[C@H]1O. The zero-order chi connectivity index (χ0) is 27.3. The van der Waals surface area contributed by atoms with Crippen molar-refractivity contribution in [3.8, 4) is 11.5 Å². The molecule has 0 radical (unpaired) electrons. The summed E-state index contributed by atoms with van der Waals surface area (Å²) < 4.78 is 38.8. The molecule has 38 heavy (non-hydrogen) atoms. The maximum Gasteiger partial charge on any atom is 0.179 e. The first-order chi connectivity index (χ1) is 18.2. The number of aliphatic hydroxyl groups excluding tert-OH is 1. The quantitative estimate of drug-likeness (QED) is 0.247. The molecule has 1 aliphatic rings. The van der Waals surface area contributed by atoms with Crippen molar-refractivity contribution in [1.82, 2.24) is 0 Å². The highest BCUT2D eigenvalue weighted by atomic mass is 32.2. The number of sulfone groups is 1. The first kappa shape index (κ1) is 28.0. The number of hydrogen-bond acceptors (Lipinski definition) is 6. The number of fused-ring (bicyclic) bond motifs is 1. The van der Waals surface area contributed by atoms with Crippen LogP contribution in [0.25, 0.3) is 0 Å². The molecule has 0 aliphatic carbocycles. The molecule has 0 bridgehead atoms. The molecular formula is C31H39NO5S. The Morgan fingerprint density at radius 3 is 2.13 bits per heavy atom. The van der Waals surface area contributed by atoms with E-state index in [1.165, 1.54) is 5.56 Å². The lowest BCUT2D eigenvalue weighted by atomic mass is 9.69. The van der Waals surface area contributed by atoms with Crippen molar-refractivity contribution in [2.24, 2.45) is 5.41 Å². The van der Waals surface area contributed by atoms with Crippen molar-refractivity contribution in [1.29, 1.82) is 0 Å². The van der Waals surface area contributed by atoms with Crippen LogP contribution in [0.5, 0.6) is 11.5 Å². The molecule has 1 aliphatic heterocycles. The molecular weight excluding hydrogens is 498 g/mol. The van der Waals surface area contributed by atoms with Gasteiger partial charge >= 0.3 is 0 Å². The summed E-state index contributed by atoms with van der Waals surface area (Å²) in [4.78, 5) is 0.260. The third kappa shape index (κ3) is 6.00. The molecule has 3 aromatic rings. The number of ether oxygens (including phenoxy) is 2. The number of unbranched alkanes of at least 4 members (excludes halogenated alkanes) is 1. The molecule has 204 valence electrons. The Bertz CT molecular complexity index is 1320. The zero-order valence-corrected chi connectivity index (χ0v) is 23.3. The summed E-state index contributed by atoms with van der Waals surface area (Å²) in [5.41, 5.74) is 8.41. The van der Waals surface area contributed by atoms with Crippen LogP contribution >= 0.6 is 0 Å². The number of aliphatic hydroxyl groups is 1.